The zero-order chi connectivity index (χ0) is 7.66. The molecule has 0 fully saturated rings. The summed E-state index contributed by atoms with van der Waals surface area (Å²) < 4.78 is 0. The van der Waals surface area contributed by atoms with E-state index in [1.165, 1.54) is 12.8 Å². The zero-order valence-corrected chi connectivity index (χ0v) is 6.93. The summed E-state index contributed by atoms with van der Waals surface area (Å²) >= 11 is 0. The van der Waals surface area contributed by atoms with E-state index in [0.29, 0.717) is 0 Å². The van der Waals surface area contributed by atoms with Gasteiger partial charge in [0.1, 0.15) is 0 Å². The summed E-state index contributed by atoms with van der Waals surface area (Å²) in [5, 5.41) is 3.09. The van der Waals surface area contributed by atoms with Crippen molar-refractivity contribution >= 4 is 0 Å². The van der Waals surface area contributed by atoms with E-state index in [2.05, 4.69) is 31.3 Å². The number of rotatable bonds is 5. The van der Waals surface area contributed by atoms with Crippen molar-refractivity contribution in [1.82, 2.24) is 5.32 Å². The fourth-order valence-electron chi connectivity index (χ4n) is 0.583. The van der Waals surface area contributed by atoms with Gasteiger partial charge in [-0.3, -0.25) is 0 Å². The summed E-state index contributed by atoms with van der Waals surface area (Å²) in [5.74, 6) is 0. The third-order valence-electron chi connectivity index (χ3n) is 1.12. The van der Waals surface area contributed by atoms with E-state index in [1.807, 2.05) is 12.3 Å². The molecule has 1 N–H and O–H groups in total. The lowest BCUT2D eigenvalue weighted by Crippen LogP contribution is -2.00. The molecule has 0 amide bonds. The minimum Gasteiger partial charge on any atom is -0.391 e. The molecular weight excluding hydrogens is 122 g/mol. The van der Waals surface area contributed by atoms with Gasteiger partial charge >= 0.3 is 0 Å². The SMILES string of the molecule is CCC/C=C\C=C/NCC. The first kappa shape index (κ1) is 9.28. The first-order valence-electron chi connectivity index (χ1n) is 3.96. The molecule has 0 saturated carbocycles. The van der Waals surface area contributed by atoms with Crippen molar-refractivity contribution in [2.75, 3.05) is 6.54 Å². The molecule has 0 aliphatic carbocycles. The predicted molar refractivity (Wildman–Crippen MR) is 46.9 cm³/mol. The molecule has 0 saturated heterocycles. The van der Waals surface area contributed by atoms with Crippen LogP contribution in [0.3, 0.4) is 0 Å². The fourth-order valence-corrected chi connectivity index (χ4v) is 0.583. The standard InChI is InChI=1S/C9H17N/c1-3-5-6-7-8-9-10-4-2/h6-10H,3-5H2,1-2H3/b7-6-,9-8-. The number of unbranched alkanes of at least 4 members (excludes halogenated alkanes) is 1. The Morgan fingerprint density at radius 1 is 1.20 bits per heavy atom. The Labute approximate surface area is 63.8 Å². The molecule has 0 spiro atoms. The molecule has 58 valence electrons. The molecule has 0 aromatic rings. The molecule has 0 rings (SSSR count). The van der Waals surface area contributed by atoms with Gasteiger partial charge in [0, 0.05) is 6.54 Å². The van der Waals surface area contributed by atoms with Crippen LogP contribution in [0.2, 0.25) is 0 Å². The van der Waals surface area contributed by atoms with Gasteiger partial charge in [0.15, 0.2) is 0 Å². The molecule has 0 radical (unpaired) electrons. The summed E-state index contributed by atoms with van der Waals surface area (Å²) in [7, 11) is 0. The van der Waals surface area contributed by atoms with Crippen LogP contribution in [0.5, 0.6) is 0 Å². The second kappa shape index (κ2) is 8.28. The molecular formula is C9H17N. The van der Waals surface area contributed by atoms with Crippen LogP contribution in [0.25, 0.3) is 0 Å². The zero-order valence-electron chi connectivity index (χ0n) is 6.93. The summed E-state index contributed by atoms with van der Waals surface area (Å²) in [6.45, 7) is 5.26. The van der Waals surface area contributed by atoms with Gasteiger partial charge in [0.05, 0.1) is 0 Å². The van der Waals surface area contributed by atoms with Gasteiger partial charge in [-0.25, -0.2) is 0 Å². The molecule has 1 heteroatoms. The van der Waals surface area contributed by atoms with Crippen molar-refractivity contribution in [1.29, 1.82) is 0 Å². The maximum atomic E-state index is 3.09. The number of hydrogen-bond donors (Lipinski definition) is 1. The number of allylic oxidation sites excluding steroid dienone is 3. The summed E-state index contributed by atoms with van der Waals surface area (Å²) in [6, 6.07) is 0. The second-order valence-electron chi connectivity index (χ2n) is 2.13. The van der Waals surface area contributed by atoms with Crippen molar-refractivity contribution in [3.8, 4) is 0 Å². The lowest BCUT2D eigenvalue weighted by atomic mass is 10.3. The molecule has 0 aliphatic rings. The van der Waals surface area contributed by atoms with Crippen molar-refractivity contribution in [3.63, 3.8) is 0 Å². The van der Waals surface area contributed by atoms with E-state index >= 15 is 0 Å². The van der Waals surface area contributed by atoms with E-state index in [-0.39, 0.29) is 0 Å². The van der Waals surface area contributed by atoms with E-state index < -0.39 is 0 Å². The van der Waals surface area contributed by atoms with Gasteiger partial charge < -0.3 is 5.32 Å². The van der Waals surface area contributed by atoms with Crippen LogP contribution in [0.4, 0.5) is 0 Å². The summed E-state index contributed by atoms with van der Waals surface area (Å²) in [5.41, 5.74) is 0. The quantitative estimate of drug-likeness (QED) is 0.577. The maximum Gasteiger partial charge on any atom is 0.0113 e. The monoisotopic (exact) mass is 139 g/mol. The van der Waals surface area contributed by atoms with Crippen molar-refractivity contribution in [2.24, 2.45) is 0 Å². The number of hydrogen-bond acceptors (Lipinski definition) is 1. The molecule has 0 atom stereocenters. The average Bonchev–Trinajstić information content (AvgIpc) is 1.97. The molecule has 0 bridgehead atoms. The Morgan fingerprint density at radius 2 is 2.00 bits per heavy atom. The fraction of sp³-hybridized carbons (Fsp3) is 0.556. The first-order chi connectivity index (χ1) is 4.91. The normalized spacial score (nSPS) is 11.4. The van der Waals surface area contributed by atoms with Crippen LogP contribution in [0.1, 0.15) is 26.7 Å². The van der Waals surface area contributed by atoms with Gasteiger partial charge in [-0.15, -0.1) is 0 Å². The Bertz CT molecular complexity index is 89.3. The third kappa shape index (κ3) is 7.28. The second-order valence-corrected chi connectivity index (χ2v) is 2.13. The molecule has 0 aromatic carbocycles. The molecule has 0 aromatic heterocycles. The Morgan fingerprint density at radius 3 is 2.60 bits per heavy atom. The van der Waals surface area contributed by atoms with Crippen molar-refractivity contribution < 1.29 is 0 Å². The van der Waals surface area contributed by atoms with E-state index in [1.54, 1.807) is 0 Å². The highest BCUT2D eigenvalue weighted by Crippen LogP contribution is 1.87. The number of nitrogens with one attached hydrogen (secondary N) is 1. The molecule has 0 aliphatic heterocycles. The smallest absolute Gasteiger partial charge is 0.0113 e. The third-order valence-corrected chi connectivity index (χ3v) is 1.12. The van der Waals surface area contributed by atoms with Gasteiger partial charge in [-0.05, 0) is 25.6 Å². The Kier molecular flexibility index (Phi) is 7.68. The lowest BCUT2D eigenvalue weighted by molar-refractivity contribution is 0.919. The summed E-state index contributed by atoms with van der Waals surface area (Å²) in [4.78, 5) is 0. The molecule has 0 heterocycles. The van der Waals surface area contributed by atoms with Crippen LogP contribution in [0.15, 0.2) is 24.4 Å². The van der Waals surface area contributed by atoms with Crippen LogP contribution < -0.4 is 5.32 Å². The predicted octanol–water partition coefficient (Wildman–Crippen LogP) is 2.47. The van der Waals surface area contributed by atoms with Crippen LogP contribution >= 0.6 is 0 Å². The maximum absolute atomic E-state index is 3.09. The molecule has 0 unspecified atom stereocenters. The topological polar surface area (TPSA) is 12.0 Å². The Hall–Kier alpha value is -0.720. The van der Waals surface area contributed by atoms with Crippen molar-refractivity contribution in [2.45, 2.75) is 26.7 Å². The average molecular weight is 139 g/mol. The van der Waals surface area contributed by atoms with E-state index in [4.69, 9.17) is 0 Å². The van der Waals surface area contributed by atoms with Gasteiger partial charge in [-0.1, -0.05) is 25.5 Å². The van der Waals surface area contributed by atoms with Crippen LogP contribution in [-0.4, -0.2) is 6.54 Å². The lowest BCUT2D eigenvalue weighted by Gasteiger charge is -1.87. The highest BCUT2D eigenvalue weighted by atomic mass is 14.8. The van der Waals surface area contributed by atoms with Gasteiger partial charge in [0.25, 0.3) is 0 Å². The van der Waals surface area contributed by atoms with E-state index in [9.17, 15) is 0 Å². The Balaban J connectivity index is 3.15. The highest BCUT2D eigenvalue weighted by molar-refractivity contribution is 5.01. The first-order valence-corrected chi connectivity index (χ1v) is 3.96. The molecule has 1 nitrogen and oxygen atoms in total. The van der Waals surface area contributed by atoms with Crippen molar-refractivity contribution in [3.05, 3.63) is 24.4 Å². The minimum absolute atomic E-state index is 0.998. The van der Waals surface area contributed by atoms with Crippen LogP contribution in [0, 0.1) is 0 Å². The van der Waals surface area contributed by atoms with Gasteiger partial charge in [-0.2, -0.15) is 0 Å². The minimum atomic E-state index is 0.998. The highest BCUT2D eigenvalue weighted by Gasteiger charge is 1.69. The van der Waals surface area contributed by atoms with E-state index in [0.717, 1.165) is 6.54 Å². The van der Waals surface area contributed by atoms with Crippen LogP contribution in [-0.2, 0) is 0 Å². The largest absolute Gasteiger partial charge is 0.391 e. The molecule has 10 heavy (non-hydrogen) atoms. The van der Waals surface area contributed by atoms with Gasteiger partial charge in [0.2, 0.25) is 0 Å². The summed E-state index contributed by atoms with van der Waals surface area (Å²) in [6.07, 6.45) is 10.6.